The standard InChI is InChI=1S/C19H23NO6/c1-23-15-7-4-6-13(10-15)19(22)20-11-14(21)12-26-18-16(24-2)8-5-9-17(18)25-3/h4-10,14,21H,11-12H2,1-3H3,(H,20,22). The number of ether oxygens (including phenoxy) is 4. The number of methoxy groups -OCH3 is 3. The lowest BCUT2D eigenvalue weighted by Crippen LogP contribution is -2.35. The van der Waals surface area contributed by atoms with Crippen LogP contribution < -0.4 is 24.3 Å². The molecule has 0 aliphatic heterocycles. The molecule has 2 aromatic rings. The molecule has 0 aliphatic carbocycles. The summed E-state index contributed by atoms with van der Waals surface area (Å²) >= 11 is 0. The monoisotopic (exact) mass is 361 g/mol. The van der Waals surface area contributed by atoms with Crippen molar-refractivity contribution in [1.82, 2.24) is 5.32 Å². The van der Waals surface area contributed by atoms with Crippen LogP contribution >= 0.6 is 0 Å². The van der Waals surface area contributed by atoms with E-state index in [-0.39, 0.29) is 19.1 Å². The fourth-order valence-corrected chi connectivity index (χ4v) is 2.27. The third-order valence-electron chi connectivity index (χ3n) is 3.63. The number of carbonyl (C=O) groups excluding carboxylic acids is 1. The molecule has 7 nitrogen and oxygen atoms in total. The van der Waals surface area contributed by atoms with Crippen LogP contribution in [0.3, 0.4) is 0 Å². The maximum Gasteiger partial charge on any atom is 0.251 e. The van der Waals surface area contributed by atoms with Gasteiger partial charge in [0.25, 0.3) is 5.91 Å². The molecule has 1 amide bonds. The highest BCUT2D eigenvalue weighted by Gasteiger charge is 2.15. The van der Waals surface area contributed by atoms with Gasteiger partial charge in [0.1, 0.15) is 18.5 Å². The van der Waals surface area contributed by atoms with E-state index in [1.165, 1.54) is 21.3 Å². The number of rotatable bonds is 9. The van der Waals surface area contributed by atoms with Gasteiger partial charge < -0.3 is 29.4 Å². The third-order valence-corrected chi connectivity index (χ3v) is 3.63. The summed E-state index contributed by atoms with van der Waals surface area (Å²) in [5.74, 6) is 1.67. The highest BCUT2D eigenvalue weighted by atomic mass is 16.5. The first-order valence-electron chi connectivity index (χ1n) is 8.03. The average Bonchev–Trinajstić information content (AvgIpc) is 2.69. The molecule has 0 aliphatic rings. The van der Waals surface area contributed by atoms with E-state index in [4.69, 9.17) is 18.9 Å². The van der Waals surface area contributed by atoms with Crippen LogP contribution in [0.25, 0.3) is 0 Å². The molecule has 140 valence electrons. The second-order valence-electron chi connectivity index (χ2n) is 5.40. The van der Waals surface area contributed by atoms with E-state index in [1.54, 1.807) is 42.5 Å². The van der Waals surface area contributed by atoms with E-state index in [0.29, 0.717) is 28.6 Å². The van der Waals surface area contributed by atoms with Gasteiger partial charge in [-0.05, 0) is 30.3 Å². The first-order valence-corrected chi connectivity index (χ1v) is 8.03. The minimum atomic E-state index is -0.904. The molecule has 0 aromatic heterocycles. The second-order valence-corrected chi connectivity index (χ2v) is 5.40. The predicted octanol–water partition coefficient (Wildman–Crippen LogP) is 1.88. The second kappa shape index (κ2) is 9.53. The Hall–Kier alpha value is -2.93. The van der Waals surface area contributed by atoms with Crippen molar-refractivity contribution >= 4 is 5.91 Å². The van der Waals surface area contributed by atoms with Crippen molar-refractivity contribution in [2.24, 2.45) is 0 Å². The number of aliphatic hydroxyl groups is 1. The highest BCUT2D eigenvalue weighted by Crippen LogP contribution is 2.36. The molecule has 7 heteroatoms. The number of nitrogens with one attached hydrogen (secondary N) is 1. The number of benzene rings is 2. The van der Waals surface area contributed by atoms with Crippen molar-refractivity contribution in [3.05, 3.63) is 48.0 Å². The zero-order valence-corrected chi connectivity index (χ0v) is 15.0. The van der Waals surface area contributed by atoms with Crippen LogP contribution in [0, 0.1) is 0 Å². The number of aliphatic hydroxyl groups excluding tert-OH is 1. The number of carbonyl (C=O) groups is 1. The Labute approximate surface area is 152 Å². The highest BCUT2D eigenvalue weighted by molar-refractivity contribution is 5.94. The summed E-state index contributed by atoms with van der Waals surface area (Å²) in [6.07, 6.45) is -0.904. The number of amides is 1. The Morgan fingerprint density at radius 2 is 1.69 bits per heavy atom. The molecule has 0 radical (unpaired) electrons. The van der Waals surface area contributed by atoms with Crippen LogP contribution in [0.2, 0.25) is 0 Å². The van der Waals surface area contributed by atoms with Crippen LogP contribution in [-0.4, -0.2) is 51.6 Å². The van der Waals surface area contributed by atoms with Crippen LogP contribution in [0.15, 0.2) is 42.5 Å². The molecule has 0 saturated heterocycles. The van der Waals surface area contributed by atoms with E-state index in [1.807, 2.05) is 0 Å². The van der Waals surface area contributed by atoms with Gasteiger partial charge in [-0.25, -0.2) is 0 Å². The number of para-hydroxylation sites is 1. The fourth-order valence-electron chi connectivity index (χ4n) is 2.27. The summed E-state index contributed by atoms with van der Waals surface area (Å²) in [6.45, 7) is 0.00261. The average molecular weight is 361 g/mol. The van der Waals surface area contributed by atoms with Crippen molar-refractivity contribution in [1.29, 1.82) is 0 Å². The molecule has 0 fully saturated rings. The van der Waals surface area contributed by atoms with E-state index >= 15 is 0 Å². The Morgan fingerprint density at radius 1 is 1.04 bits per heavy atom. The molecule has 1 atom stereocenters. The molecule has 0 heterocycles. The lowest BCUT2D eigenvalue weighted by Gasteiger charge is -2.17. The maximum absolute atomic E-state index is 12.1. The van der Waals surface area contributed by atoms with Crippen LogP contribution in [0.4, 0.5) is 0 Å². The SMILES string of the molecule is COc1cccc(C(=O)NCC(O)COc2c(OC)cccc2OC)c1. The predicted molar refractivity (Wildman–Crippen MR) is 96.4 cm³/mol. The lowest BCUT2D eigenvalue weighted by molar-refractivity contribution is 0.0833. The molecule has 0 spiro atoms. The van der Waals surface area contributed by atoms with Gasteiger partial charge in [-0.15, -0.1) is 0 Å². The Kier molecular flexibility index (Phi) is 7.11. The largest absolute Gasteiger partial charge is 0.497 e. The van der Waals surface area contributed by atoms with E-state index < -0.39 is 6.10 Å². The molecule has 2 rings (SSSR count). The molecular weight excluding hydrogens is 338 g/mol. The normalized spacial score (nSPS) is 11.4. The lowest BCUT2D eigenvalue weighted by atomic mass is 10.2. The van der Waals surface area contributed by atoms with Gasteiger partial charge in [0.2, 0.25) is 5.75 Å². The van der Waals surface area contributed by atoms with Crippen molar-refractivity contribution in [2.45, 2.75) is 6.10 Å². The summed E-state index contributed by atoms with van der Waals surface area (Å²) < 4.78 is 21.2. The molecular formula is C19H23NO6. The number of hydrogen-bond donors (Lipinski definition) is 2. The van der Waals surface area contributed by atoms with Gasteiger partial charge in [-0.1, -0.05) is 12.1 Å². The number of hydrogen-bond acceptors (Lipinski definition) is 6. The van der Waals surface area contributed by atoms with Crippen LogP contribution in [0.1, 0.15) is 10.4 Å². The van der Waals surface area contributed by atoms with E-state index in [2.05, 4.69) is 5.32 Å². The van der Waals surface area contributed by atoms with E-state index in [0.717, 1.165) is 0 Å². The molecule has 2 aromatic carbocycles. The van der Waals surface area contributed by atoms with Gasteiger partial charge >= 0.3 is 0 Å². The summed E-state index contributed by atoms with van der Waals surface area (Å²) in [7, 11) is 4.57. The van der Waals surface area contributed by atoms with Crippen molar-refractivity contribution in [3.63, 3.8) is 0 Å². The van der Waals surface area contributed by atoms with Gasteiger partial charge in [0.05, 0.1) is 21.3 Å². The minimum absolute atomic E-state index is 0.0326. The third kappa shape index (κ3) is 5.03. The maximum atomic E-state index is 12.1. The van der Waals surface area contributed by atoms with Gasteiger partial charge in [-0.2, -0.15) is 0 Å². The first-order chi connectivity index (χ1) is 12.6. The topological polar surface area (TPSA) is 86.3 Å². The Bertz CT molecular complexity index is 711. The summed E-state index contributed by atoms with van der Waals surface area (Å²) in [4.78, 5) is 12.1. The minimum Gasteiger partial charge on any atom is -0.497 e. The first kappa shape index (κ1) is 19.4. The van der Waals surface area contributed by atoms with Crippen LogP contribution in [-0.2, 0) is 0 Å². The van der Waals surface area contributed by atoms with Crippen LogP contribution in [0.5, 0.6) is 23.0 Å². The van der Waals surface area contributed by atoms with E-state index in [9.17, 15) is 9.90 Å². The Morgan fingerprint density at radius 3 is 2.31 bits per heavy atom. The van der Waals surface area contributed by atoms with Gasteiger partial charge in [0.15, 0.2) is 11.5 Å². The smallest absolute Gasteiger partial charge is 0.251 e. The summed E-state index contributed by atoms with van der Waals surface area (Å²) in [6, 6.07) is 12.0. The Balaban J connectivity index is 1.89. The molecule has 1 unspecified atom stereocenters. The van der Waals surface area contributed by atoms with Crippen molar-refractivity contribution < 1.29 is 28.8 Å². The molecule has 2 N–H and O–H groups in total. The summed E-state index contributed by atoms with van der Waals surface area (Å²) in [5, 5.41) is 12.7. The molecule has 0 bridgehead atoms. The van der Waals surface area contributed by atoms with Gasteiger partial charge in [-0.3, -0.25) is 4.79 Å². The zero-order valence-electron chi connectivity index (χ0n) is 15.0. The quantitative estimate of drug-likeness (QED) is 0.709. The summed E-state index contributed by atoms with van der Waals surface area (Å²) in [5.41, 5.74) is 0.448. The molecule has 0 saturated carbocycles. The van der Waals surface area contributed by atoms with Crippen molar-refractivity contribution in [2.75, 3.05) is 34.5 Å². The van der Waals surface area contributed by atoms with Gasteiger partial charge in [0, 0.05) is 12.1 Å². The fraction of sp³-hybridized carbons (Fsp3) is 0.316. The zero-order chi connectivity index (χ0) is 18.9. The molecule has 26 heavy (non-hydrogen) atoms. The van der Waals surface area contributed by atoms with Crippen molar-refractivity contribution in [3.8, 4) is 23.0 Å².